The number of halogens is 1. The van der Waals surface area contributed by atoms with E-state index in [4.69, 9.17) is 4.74 Å². The lowest BCUT2D eigenvalue weighted by Gasteiger charge is -2.15. The maximum absolute atomic E-state index is 13.4. The Bertz CT molecular complexity index is 819. The number of hydrogen-bond acceptors (Lipinski definition) is 2. The van der Waals surface area contributed by atoms with Crippen molar-refractivity contribution < 1.29 is 9.13 Å². The Kier molecular flexibility index (Phi) is 3.11. The van der Waals surface area contributed by atoms with Gasteiger partial charge >= 0.3 is 0 Å². The molecule has 0 fully saturated rings. The summed E-state index contributed by atoms with van der Waals surface area (Å²) in [5, 5.41) is 0. The van der Waals surface area contributed by atoms with Gasteiger partial charge in [-0.3, -0.25) is 4.99 Å². The Labute approximate surface area is 128 Å². The van der Waals surface area contributed by atoms with E-state index in [-0.39, 0.29) is 5.82 Å². The first kappa shape index (κ1) is 13.0. The molecule has 2 aromatic carbocycles. The number of fused-ring (bicyclic) bond motifs is 3. The summed E-state index contributed by atoms with van der Waals surface area (Å²) in [4.78, 5) is 4.53. The molecular weight excluding hydrogens is 277 g/mol. The number of benzene rings is 2. The van der Waals surface area contributed by atoms with Crippen LogP contribution in [0.15, 0.2) is 71.4 Å². The normalized spacial score (nSPS) is 15.4. The topological polar surface area (TPSA) is 21.6 Å². The van der Waals surface area contributed by atoms with Gasteiger partial charge in [0, 0.05) is 23.6 Å². The molecule has 0 saturated carbocycles. The Balaban J connectivity index is 1.69. The van der Waals surface area contributed by atoms with Gasteiger partial charge in [0.1, 0.15) is 18.2 Å². The van der Waals surface area contributed by atoms with E-state index < -0.39 is 0 Å². The zero-order valence-corrected chi connectivity index (χ0v) is 11.9. The summed E-state index contributed by atoms with van der Waals surface area (Å²) in [7, 11) is 0. The third-order valence-electron chi connectivity index (χ3n) is 3.84. The second-order valence-corrected chi connectivity index (χ2v) is 5.34. The molecule has 108 valence electrons. The molecule has 2 nitrogen and oxygen atoms in total. The van der Waals surface area contributed by atoms with E-state index in [0.717, 1.165) is 34.6 Å². The van der Waals surface area contributed by atoms with E-state index in [1.165, 1.54) is 12.1 Å². The fourth-order valence-electron chi connectivity index (χ4n) is 2.80. The summed E-state index contributed by atoms with van der Waals surface area (Å²) < 4.78 is 19.4. The summed E-state index contributed by atoms with van der Waals surface area (Å²) in [6.07, 6.45) is 4.77. The van der Waals surface area contributed by atoms with Crippen LogP contribution in [0.2, 0.25) is 0 Å². The van der Waals surface area contributed by atoms with Crippen molar-refractivity contribution in [2.75, 3.05) is 0 Å². The van der Waals surface area contributed by atoms with Gasteiger partial charge in [0.05, 0.1) is 11.4 Å². The molecule has 1 aliphatic carbocycles. The van der Waals surface area contributed by atoms with Gasteiger partial charge in [-0.2, -0.15) is 0 Å². The molecular formula is C19H14FNO. The van der Waals surface area contributed by atoms with Crippen molar-refractivity contribution in [3.8, 4) is 0 Å². The minimum absolute atomic E-state index is 0.262. The molecule has 0 bridgehead atoms. The fourth-order valence-corrected chi connectivity index (χ4v) is 2.80. The Morgan fingerprint density at radius 1 is 1.09 bits per heavy atom. The van der Waals surface area contributed by atoms with E-state index in [1.807, 2.05) is 42.5 Å². The largest absolute Gasteiger partial charge is 0.488 e. The highest BCUT2D eigenvalue weighted by atomic mass is 19.1. The maximum atomic E-state index is 13.4. The molecule has 0 spiro atoms. The number of allylic oxidation sites excluding steroid dienone is 3. The van der Waals surface area contributed by atoms with Crippen LogP contribution in [0, 0.1) is 5.82 Å². The minimum Gasteiger partial charge on any atom is -0.488 e. The first-order chi connectivity index (χ1) is 10.8. The molecule has 1 aliphatic heterocycles. The maximum Gasteiger partial charge on any atom is 0.129 e. The number of hydrogen-bond donors (Lipinski definition) is 0. The Morgan fingerprint density at radius 2 is 1.95 bits per heavy atom. The first-order valence-electron chi connectivity index (χ1n) is 7.27. The summed E-state index contributed by atoms with van der Waals surface area (Å²) in [5.74, 6) is 0.543. The predicted octanol–water partition coefficient (Wildman–Crippen LogP) is 4.80. The highest BCUT2D eigenvalue weighted by Gasteiger charge is 2.26. The van der Waals surface area contributed by atoms with Crippen LogP contribution in [0.3, 0.4) is 0 Å². The van der Waals surface area contributed by atoms with Crippen LogP contribution < -0.4 is 0 Å². The van der Waals surface area contributed by atoms with Gasteiger partial charge < -0.3 is 4.74 Å². The van der Waals surface area contributed by atoms with Gasteiger partial charge in [-0.25, -0.2) is 4.39 Å². The average molecular weight is 291 g/mol. The summed E-state index contributed by atoms with van der Waals surface area (Å²) in [6, 6.07) is 14.8. The molecule has 0 N–H and O–H groups in total. The summed E-state index contributed by atoms with van der Waals surface area (Å²) in [6.45, 7) is 0.508. The number of rotatable bonds is 3. The molecule has 22 heavy (non-hydrogen) atoms. The van der Waals surface area contributed by atoms with Gasteiger partial charge in [0.15, 0.2) is 0 Å². The molecule has 0 aromatic heterocycles. The third-order valence-corrected chi connectivity index (χ3v) is 3.84. The van der Waals surface area contributed by atoms with Crippen molar-refractivity contribution >= 4 is 17.0 Å². The number of ether oxygens (including phenoxy) is 1. The summed E-state index contributed by atoms with van der Waals surface area (Å²) >= 11 is 0. The standard InChI is InChI=1S/C19H14FNO/c20-14-9-10-15-17(11-14)21-16-7-4-8-18(19(15)16)22-12-13-5-2-1-3-6-13/h1-6,8-11H,7,12H2. The molecule has 0 radical (unpaired) electrons. The van der Waals surface area contributed by atoms with Gasteiger partial charge in [0.2, 0.25) is 0 Å². The summed E-state index contributed by atoms with van der Waals surface area (Å²) in [5.41, 5.74) is 4.70. The zero-order valence-electron chi connectivity index (χ0n) is 11.9. The minimum atomic E-state index is -0.262. The smallest absolute Gasteiger partial charge is 0.129 e. The molecule has 2 aliphatic rings. The van der Waals surface area contributed by atoms with E-state index in [0.29, 0.717) is 12.3 Å². The highest BCUT2D eigenvalue weighted by molar-refractivity contribution is 6.30. The number of nitrogens with zero attached hydrogens (tertiary/aromatic N) is 1. The lowest BCUT2D eigenvalue weighted by molar-refractivity contribution is 0.213. The van der Waals surface area contributed by atoms with Crippen LogP contribution in [0.1, 0.15) is 17.5 Å². The SMILES string of the molecule is Fc1ccc2c(c1)N=C1CC=CC(OCc3ccccc3)=C12. The van der Waals surface area contributed by atoms with Crippen LogP contribution in [0.4, 0.5) is 10.1 Å². The lowest BCUT2D eigenvalue weighted by atomic mass is 9.96. The van der Waals surface area contributed by atoms with Gasteiger partial charge in [0.25, 0.3) is 0 Å². The van der Waals surface area contributed by atoms with Crippen LogP contribution in [-0.2, 0) is 11.3 Å². The van der Waals surface area contributed by atoms with Crippen LogP contribution >= 0.6 is 0 Å². The Morgan fingerprint density at radius 3 is 2.82 bits per heavy atom. The van der Waals surface area contributed by atoms with Crippen molar-refractivity contribution in [1.82, 2.24) is 0 Å². The van der Waals surface area contributed by atoms with Gasteiger partial charge in [-0.15, -0.1) is 0 Å². The molecule has 0 saturated heterocycles. The van der Waals surface area contributed by atoms with E-state index in [2.05, 4.69) is 4.99 Å². The van der Waals surface area contributed by atoms with Crippen LogP contribution in [-0.4, -0.2) is 5.71 Å². The van der Waals surface area contributed by atoms with Crippen LogP contribution in [0.5, 0.6) is 0 Å². The van der Waals surface area contributed by atoms with Crippen LogP contribution in [0.25, 0.3) is 5.57 Å². The van der Waals surface area contributed by atoms with E-state index in [1.54, 1.807) is 6.07 Å². The monoisotopic (exact) mass is 291 g/mol. The highest BCUT2D eigenvalue weighted by Crippen LogP contribution is 2.40. The number of aliphatic imine (C=N–C) groups is 1. The Hall–Kier alpha value is -2.68. The van der Waals surface area contributed by atoms with E-state index >= 15 is 0 Å². The van der Waals surface area contributed by atoms with E-state index in [9.17, 15) is 4.39 Å². The third kappa shape index (κ3) is 2.25. The average Bonchev–Trinajstić information content (AvgIpc) is 2.91. The quantitative estimate of drug-likeness (QED) is 0.796. The predicted molar refractivity (Wildman–Crippen MR) is 85.4 cm³/mol. The van der Waals surface area contributed by atoms with Crippen molar-refractivity contribution in [2.24, 2.45) is 4.99 Å². The molecule has 2 aromatic rings. The lowest BCUT2D eigenvalue weighted by Crippen LogP contribution is -2.06. The van der Waals surface area contributed by atoms with Gasteiger partial charge in [-0.05, 0) is 23.8 Å². The second kappa shape index (κ2) is 5.26. The molecule has 3 heteroatoms. The fraction of sp³-hybridized carbons (Fsp3) is 0.105. The molecule has 0 atom stereocenters. The first-order valence-corrected chi connectivity index (χ1v) is 7.27. The second-order valence-electron chi connectivity index (χ2n) is 5.34. The zero-order chi connectivity index (χ0) is 14.9. The van der Waals surface area contributed by atoms with Crippen molar-refractivity contribution in [3.05, 3.63) is 83.4 Å². The molecule has 0 unspecified atom stereocenters. The van der Waals surface area contributed by atoms with Gasteiger partial charge in [-0.1, -0.05) is 36.4 Å². The van der Waals surface area contributed by atoms with Crippen molar-refractivity contribution in [2.45, 2.75) is 13.0 Å². The molecule has 1 heterocycles. The van der Waals surface area contributed by atoms with Crippen molar-refractivity contribution in [3.63, 3.8) is 0 Å². The molecule has 4 rings (SSSR count). The van der Waals surface area contributed by atoms with Crippen molar-refractivity contribution in [1.29, 1.82) is 0 Å². The molecule has 0 amide bonds.